The van der Waals surface area contributed by atoms with Crippen LogP contribution in [0.1, 0.15) is 35.2 Å². The fourth-order valence-electron chi connectivity index (χ4n) is 2.83. The summed E-state index contributed by atoms with van der Waals surface area (Å²) in [5.41, 5.74) is 1.67. The van der Waals surface area contributed by atoms with E-state index in [1.165, 1.54) is 12.5 Å². The Morgan fingerprint density at radius 1 is 1.26 bits per heavy atom. The van der Waals surface area contributed by atoms with E-state index in [0.717, 1.165) is 57.1 Å². The summed E-state index contributed by atoms with van der Waals surface area (Å²) < 4.78 is 5.01. The van der Waals surface area contributed by atoms with Crippen molar-refractivity contribution < 1.29 is 9.21 Å². The van der Waals surface area contributed by atoms with Crippen molar-refractivity contribution in [2.75, 3.05) is 26.2 Å². The molecule has 0 radical (unpaired) electrons. The first-order chi connectivity index (χ1) is 11.3. The third kappa shape index (κ3) is 3.96. The van der Waals surface area contributed by atoms with Crippen LogP contribution in [0.2, 0.25) is 0 Å². The van der Waals surface area contributed by atoms with Gasteiger partial charge in [0.15, 0.2) is 0 Å². The fraction of sp³-hybridized carbons (Fsp3) is 0.471. The lowest BCUT2D eigenvalue weighted by Crippen LogP contribution is -2.35. The average Bonchev–Trinajstić information content (AvgIpc) is 3.02. The van der Waals surface area contributed by atoms with Gasteiger partial charge in [-0.1, -0.05) is 6.92 Å². The number of aromatic nitrogens is 2. The fourth-order valence-corrected chi connectivity index (χ4v) is 2.83. The molecular formula is C17H22N4O2. The number of hydrogen-bond acceptors (Lipinski definition) is 5. The van der Waals surface area contributed by atoms with Crippen LogP contribution >= 0.6 is 0 Å². The number of carbonyl (C=O) groups is 1. The summed E-state index contributed by atoms with van der Waals surface area (Å²) in [6, 6.07) is 3.69. The Morgan fingerprint density at radius 2 is 2.17 bits per heavy atom. The van der Waals surface area contributed by atoms with Crippen molar-refractivity contribution in [2.45, 2.75) is 26.3 Å². The summed E-state index contributed by atoms with van der Waals surface area (Å²) in [5, 5.41) is 0. The van der Waals surface area contributed by atoms with Crippen LogP contribution in [0.15, 0.2) is 35.3 Å². The molecular weight excluding hydrogens is 292 g/mol. The predicted molar refractivity (Wildman–Crippen MR) is 85.9 cm³/mol. The highest BCUT2D eigenvalue weighted by Crippen LogP contribution is 2.11. The molecule has 3 rings (SSSR count). The van der Waals surface area contributed by atoms with Gasteiger partial charge in [-0.25, -0.2) is 9.97 Å². The van der Waals surface area contributed by atoms with E-state index in [-0.39, 0.29) is 5.91 Å². The van der Waals surface area contributed by atoms with E-state index in [2.05, 4.69) is 21.8 Å². The number of carbonyl (C=O) groups excluding carboxylic acids is 1. The topological polar surface area (TPSA) is 62.5 Å². The molecule has 3 heterocycles. The number of furan rings is 1. The molecule has 0 N–H and O–H groups in total. The minimum Gasteiger partial charge on any atom is -0.472 e. The molecule has 6 heteroatoms. The smallest absolute Gasteiger partial charge is 0.257 e. The van der Waals surface area contributed by atoms with Crippen LogP contribution in [0.4, 0.5) is 0 Å². The molecule has 23 heavy (non-hydrogen) atoms. The zero-order valence-corrected chi connectivity index (χ0v) is 13.4. The number of amides is 1. The molecule has 1 aliphatic rings. The van der Waals surface area contributed by atoms with E-state index < -0.39 is 0 Å². The zero-order valence-electron chi connectivity index (χ0n) is 13.4. The largest absolute Gasteiger partial charge is 0.472 e. The van der Waals surface area contributed by atoms with Crippen molar-refractivity contribution in [1.82, 2.24) is 19.8 Å². The van der Waals surface area contributed by atoms with E-state index >= 15 is 0 Å². The van der Waals surface area contributed by atoms with Crippen molar-refractivity contribution in [3.8, 4) is 0 Å². The van der Waals surface area contributed by atoms with Gasteiger partial charge in [0.05, 0.1) is 17.5 Å². The van der Waals surface area contributed by atoms with Gasteiger partial charge in [0, 0.05) is 45.3 Å². The maximum absolute atomic E-state index is 12.4. The van der Waals surface area contributed by atoms with Gasteiger partial charge in [-0.15, -0.1) is 0 Å². The molecule has 0 spiro atoms. The average molecular weight is 314 g/mol. The van der Waals surface area contributed by atoms with Crippen LogP contribution in [0, 0.1) is 0 Å². The Balaban J connectivity index is 1.59. The molecule has 1 fully saturated rings. The quantitative estimate of drug-likeness (QED) is 0.863. The van der Waals surface area contributed by atoms with Gasteiger partial charge >= 0.3 is 0 Å². The van der Waals surface area contributed by atoms with Gasteiger partial charge < -0.3 is 9.32 Å². The van der Waals surface area contributed by atoms with Gasteiger partial charge in [0.2, 0.25) is 0 Å². The predicted octanol–water partition coefficient (Wildman–Crippen LogP) is 1.98. The maximum atomic E-state index is 12.4. The molecule has 2 aromatic heterocycles. The molecule has 1 amide bonds. The molecule has 0 saturated carbocycles. The molecule has 0 aromatic carbocycles. The van der Waals surface area contributed by atoms with Crippen molar-refractivity contribution in [3.63, 3.8) is 0 Å². The molecule has 6 nitrogen and oxygen atoms in total. The first kappa shape index (κ1) is 15.7. The second-order valence-electron chi connectivity index (χ2n) is 5.75. The Morgan fingerprint density at radius 3 is 2.96 bits per heavy atom. The Kier molecular flexibility index (Phi) is 5.02. The van der Waals surface area contributed by atoms with E-state index in [4.69, 9.17) is 4.42 Å². The van der Waals surface area contributed by atoms with Gasteiger partial charge in [0.25, 0.3) is 5.91 Å². The number of nitrogens with zero attached hydrogens (tertiary/aromatic N) is 4. The van der Waals surface area contributed by atoms with E-state index in [1.807, 2.05) is 17.2 Å². The van der Waals surface area contributed by atoms with E-state index in [0.29, 0.717) is 5.56 Å². The molecule has 0 atom stereocenters. The lowest BCUT2D eigenvalue weighted by molar-refractivity contribution is 0.0760. The monoisotopic (exact) mass is 314 g/mol. The number of aryl methyl sites for hydroxylation is 1. The minimum absolute atomic E-state index is 0.0518. The van der Waals surface area contributed by atoms with Gasteiger partial charge in [-0.05, 0) is 18.6 Å². The summed E-state index contributed by atoms with van der Waals surface area (Å²) in [6.45, 7) is 6.21. The molecule has 0 aliphatic carbocycles. The minimum atomic E-state index is 0.0518. The Labute approximate surface area is 136 Å². The van der Waals surface area contributed by atoms with Crippen LogP contribution < -0.4 is 0 Å². The maximum Gasteiger partial charge on any atom is 0.257 e. The molecule has 0 bridgehead atoms. The van der Waals surface area contributed by atoms with Crippen LogP contribution in [0.3, 0.4) is 0 Å². The highest BCUT2D eigenvalue weighted by molar-refractivity contribution is 5.93. The zero-order chi connectivity index (χ0) is 16.1. The van der Waals surface area contributed by atoms with Crippen LogP contribution in [-0.4, -0.2) is 51.9 Å². The molecule has 0 unspecified atom stereocenters. The highest BCUT2D eigenvalue weighted by atomic mass is 16.3. The highest BCUT2D eigenvalue weighted by Gasteiger charge is 2.21. The number of hydrogen-bond donors (Lipinski definition) is 0. The van der Waals surface area contributed by atoms with Crippen molar-refractivity contribution in [3.05, 3.63) is 47.9 Å². The molecule has 1 saturated heterocycles. The van der Waals surface area contributed by atoms with Crippen molar-refractivity contribution >= 4 is 5.91 Å². The van der Waals surface area contributed by atoms with E-state index in [1.54, 1.807) is 6.07 Å². The van der Waals surface area contributed by atoms with Gasteiger partial charge in [-0.3, -0.25) is 9.69 Å². The van der Waals surface area contributed by atoms with Gasteiger partial charge in [-0.2, -0.15) is 0 Å². The molecule has 1 aliphatic heterocycles. The summed E-state index contributed by atoms with van der Waals surface area (Å²) in [4.78, 5) is 25.5. The van der Waals surface area contributed by atoms with Gasteiger partial charge in [0.1, 0.15) is 12.1 Å². The lowest BCUT2D eigenvalue weighted by Gasteiger charge is -2.21. The van der Waals surface area contributed by atoms with E-state index in [9.17, 15) is 4.79 Å². The lowest BCUT2D eigenvalue weighted by atomic mass is 10.3. The summed E-state index contributed by atoms with van der Waals surface area (Å²) >= 11 is 0. The normalized spacial score (nSPS) is 16.3. The van der Waals surface area contributed by atoms with Crippen LogP contribution in [0.25, 0.3) is 0 Å². The molecule has 2 aromatic rings. The summed E-state index contributed by atoms with van der Waals surface area (Å²) in [7, 11) is 0. The first-order valence-electron chi connectivity index (χ1n) is 8.11. The second-order valence-corrected chi connectivity index (χ2v) is 5.75. The Bertz CT molecular complexity index is 642. The number of rotatable bonds is 4. The van der Waals surface area contributed by atoms with Crippen molar-refractivity contribution in [2.24, 2.45) is 0 Å². The first-order valence-corrected chi connectivity index (χ1v) is 8.11. The van der Waals surface area contributed by atoms with Crippen molar-refractivity contribution in [1.29, 1.82) is 0 Å². The third-order valence-corrected chi connectivity index (χ3v) is 4.11. The Hall–Kier alpha value is -2.21. The second kappa shape index (κ2) is 7.37. The standard InChI is InChI=1S/C17H22N4O2/c1-2-16-18-6-4-15(19-16)12-20-7-3-8-21(10-9-20)17(22)14-5-11-23-13-14/h4-6,11,13H,2-3,7-10,12H2,1H3. The molecule has 122 valence electrons. The summed E-state index contributed by atoms with van der Waals surface area (Å²) in [5.74, 6) is 0.935. The SMILES string of the molecule is CCc1nccc(CN2CCCN(C(=O)c3ccoc3)CC2)n1. The van der Waals surface area contributed by atoms with Crippen LogP contribution in [-0.2, 0) is 13.0 Å². The summed E-state index contributed by atoms with van der Waals surface area (Å²) in [6.07, 6.45) is 6.69. The van der Waals surface area contributed by atoms with Crippen LogP contribution in [0.5, 0.6) is 0 Å². The third-order valence-electron chi connectivity index (χ3n) is 4.11.